The number of phosphoric ester groups is 1. The zero-order valence-corrected chi connectivity index (χ0v) is 11.9. The molecule has 1 saturated carbocycles. The van der Waals surface area contributed by atoms with Crippen molar-refractivity contribution < 1.29 is 53.3 Å². The lowest BCUT2D eigenvalue weighted by molar-refractivity contribution is -0.214. The second-order valence-corrected chi connectivity index (χ2v) is 7.40. The third-order valence-corrected chi connectivity index (χ3v) is 3.78. The maximum atomic E-state index is 11.2. The minimum absolute atomic E-state index is 0.720. The average molecular weight is 338 g/mol. The summed E-state index contributed by atoms with van der Waals surface area (Å²) in [5, 5.41) is 38.1. The molecule has 7 N–H and O–H groups in total. The molecule has 0 aromatic carbocycles. The van der Waals surface area contributed by atoms with Crippen LogP contribution >= 0.6 is 15.4 Å². The van der Waals surface area contributed by atoms with Crippen LogP contribution in [0.2, 0.25) is 0 Å². The Bertz CT molecular complexity index is 388. The highest BCUT2D eigenvalue weighted by Gasteiger charge is 2.53. The first-order chi connectivity index (χ1) is 8.83. The normalized spacial score (nSPS) is 42.2. The van der Waals surface area contributed by atoms with Crippen molar-refractivity contribution in [3.05, 3.63) is 0 Å². The Kier molecular flexibility index (Phi) is 5.51. The molecule has 20 heavy (non-hydrogen) atoms. The third-order valence-electron chi connectivity index (χ3n) is 2.62. The van der Waals surface area contributed by atoms with Gasteiger partial charge in [0.2, 0.25) is 0 Å². The van der Waals surface area contributed by atoms with E-state index in [1.54, 1.807) is 0 Å². The Morgan fingerprint density at radius 2 is 1.10 bits per heavy atom. The summed E-state index contributed by atoms with van der Waals surface area (Å²) in [7, 11) is -9.41. The summed E-state index contributed by atoms with van der Waals surface area (Å²) >= 11 is 0. The summed E-state index contributed by atoms with van der Waals surface area (Å²) in [5.74, 6) is 0. The molecule has 1 aliphatic rings. The lowest BCUT2D eigenvalue weighted by Crippen LogP contribution is -2.64. The van der Waals surface area contributed by atoms with E-state index < -0.39 is 52.0 Å². The molecule has 0 aromatic heterocycles. The van der Waals surface area contributed by atoms with Gasteiger partial charge in [-0.25, -0.2) is 4.57 Å². The molecule has 0 bridgehead atoms. The Balaban J connectivity index is 3.09. The van der Waals surface area contributed by atoms with Crippen molar-refractivity contribution in [1.29, 1.82) is 0 Å². The maximum absolute atomic E-state index is 11.2. The van der Waals surface area contributed by atoms with Gasteiger partial charge in [0, 0.05) is 6.66 Å². The van der Waals surface area contributed by atoms with E-state index in [9.17, 15) is 29.6 Å². The first-order valence-electron chi connectivity index (χ1n) is 5.28. The molecule has 11 nitrogen and oxygen atoms in total. The number of hydrogen-bond donors (Lipinski definition) is 7. The van der Waals surface area contributed by atoms with Crippen LogP contribution in [0.25, 0.3) is 0 Å². The van der Waals surface area contributed by atoms with Crippen LogP contribution in [-0.4, -0.2) is 78.4 Å². The Hall–Kier alpha value is 0.1000. The van der Waals surface area contributed by atoms with E-state index in [0.29, 0.717) is 0 Å². The third kappa shape index (κ3) is 4.55. The predicted molar refractivity (Wildman–Crippen MR) is 61.6 cm³/mol. The SMILES string of the molecule is CP(=O)(O)O[C@H]1[C@@H](O)[C@@H](O)[C@H](O)[C@@H](O)[C@@H]1OP(=O)(O)O. The van der Waals surface area contributed by atoms with Crippen molar-refractivity contribution in [2.45, 2.75) is 36.6 Å². The lowest BCUT2D eigenvalue weighted by Gasteiger charge is -2.43. The van der Waals surface area contributed by atoms with E-state index in [-0.39, 0.29) is 0 Å². The number of hydrogen-bond acceptors (Lipinski definition) is 8. The first kappa shape index (κ1) is 18.1. The van der Waals surface area contributed by atoms with Crippen LogP contribution in [-0.2, 0) is 18.2 Å². The standard InChI is InChI=1S/C7H16O11P2/c1-19(12,13)17-6-4(10)2(8)3(9)5(11)7(6)18-20(14,15)16/h2-11H,1H3,(H,12,13)(H2,14,15,16)/t2-,3-,4-,5+,6-,7-/m0/s1. The average Bonchev–Trinajstić information content (AvgIpc) is 2.25. The Labute approximate surface area is 113 Å². The molecule has 0 radical (unpaired) electrons. The van der Waals surface area contributed by atoms with E-state index in [4.69, 9.17) is 14.7 Å². The predicted octanol–water partition coefficient (Wildman–Crippen LogP) is -2.88. The molecule has 0 saturated heterocycles. The Morgan fingerprint density at radius 3 is 1.40 bits per heavy atom. The highest BCUT2D eigenvalue weighted by molar-refractivity contribution is 7.51. The topological polar surface area (TPSA) is 194 Å². The fourth-order valence-corrected chi connectivity index (χ4v) is 3.07. The second kappa shape index (κ2) is 6.07. The molecule has 0 heterocycles. The Morgan fingerprint density at radius 1 is 0.750 bits per heavy atom. The first-order valence-corrected chi connectivity index (χ1v) is 8.84. The van der Waals surface area contributed by atoms with E-state index >= 15 is 0 Å². The number of aliphatic hydroxyl groups excluding tert-OH is 4. The highest BCUT2D eigenvalue weighted by atomic mass is 31.2. The van der Waals surface area contributed by atoms with Gasteiger partial charge in [-0.1, -0.05) is 0 Å². The van der Waals surface area contributed by atoms with Crippen LogP contribution in [0.1, 0.15) is 0 Å². The van der Waals surface area contributed by atoms with E-state index in [1.807, 2.05) is 0 Å². The molecule has 7 atom stereocenters. The van der Waals surface area contributed by atoms with Gasteiger partial charge in [-0.2, -0.15) is 0 Å². The van der Waals surface area contributed by atoms with Crippen LogP contribution < -0.4 is 0 Å². The van der Waals surface area contributed by atoms with Crippen LogP contribution in [0.5, 0.6) is 0 Å². The van der Waals surface area contributed by atoms with Crippen molar-refractivity contribution in [1.82, 2.24) is 0 Å². The van der Waals surface area contributed by atoms with Crippen molar-refractivity contribution in [3.8, 4) is 0 Å². The van der Waals surface area contributed by atoms with Crippen LogP contribution in [0, 0.1) is 0 Å². The van der Waals surface area contributed by atoms with Crippen molar-refractivity contribution in [2.24, 2.45) is 0 Å². The molecular formula is C7H16O11P2. The van der Waals surface area contributed by atoms with Gasteiger partial charge < -0.3 is 35.1 Å². The second-order valence-electron chi connectivity index (χ2n) is 4.40. The van der Waals surface area contributed by atoms with Gasteiger partial charge in [-0.15, -0.1) is 0 Å². The number of phosphoric acid groups is 1. The van der Waals surface area contributed by atoms with Gasteiger partial charge in [0.15, 0.2) is 0 Å². The molecule has 0 spiro atoms. The van der Waals surface area contributed by atoms with Crippen molar-refractivity contribution in [3.63, 3.8) is 0 Å². The molecule has 13 heteroatoms. The smallest absolute Gasteiger partial charge is 0.387 e. The molecule has 1 fully saturated rings. The van der Waals surface area contributed by atoms with Gasteiger partial charge in [0.25, 0.3) is 0 Å². The van der Waals surface area contributed by atoms with Crippen molar-refractivity contribution >= 4 is 15.4 Å². The molecule has 1 unspecified atom stereocenters. The molecule has 1 rings (SSSR count). The molecular weight excluding hydrogens is 322 g/mol. The highest BCUT2D eigenvalue weighted by Crippen LogP contribution is 2.46. The molecule has 1 aliphatic carbocycles. The largest absolute Gasteiger partial charge is 0.470 e. The summed E-state index contributed by atoms with van der Waals surface area (Å²) in [6.07, 6.45) is -12.0. The van der Waals surface area contributed by atoms with Crippen LogP contribution in [0.3, 0.4) is 0 Å². The minimum Gasteiger partial charge on any atom is -0.387 e. The molecule has 0 amide bonds. The van der Waals surface area contributed by atoms with Gasteiger partial charge in [-0.3, -0.25) is 13.6 Å². The summed E-state index contributed by atoms with van der Waals surface area (Å²) < 4.78 is 30.6. The monoisotopic (exact) mass is 338 g/mol. The fraction of sp³-hybridized carbons (Fsp3) is 1.00. The molecule has 120 valence electrons. The number of aliphatic hydroxyl groups is 4. The van der Waals surface area contributed by atoms with Gasteiger partial charge >= 0.3 is 15.4 Å². The van der Waals surface area contributed by atoms with E-state index in [0.717, 1.165) is 6.66 Å². The fourth-order valence-electron chi connectivity index (χ4n) is 1.81. The van der Waals surface area contributed by atoms with E-state index in [2.05, 4.69) is 9.05 Å². The lowest BCUT2D eigenvalue weighted by atomic mass is 9.85. The summed E-state index contributed by atoms with van der Waals surface area (Å²) in [6.45, 7) is 0.720. The van der Waals surface area contributed by atoms with Crippen LogP contribution in [0.15, 0.2) is 0 Å². The number of rotatable bonds is 4. The maximum Gasteiger partial charge on any atom is 0.470 e. The van der Waals surface area contributed by atoms with Gasteiger partial charge in [0.05, 0.1) is 0 Å². The van der Waals surface area contributed by atoms with Gasteiger partial charge in [-0.05, 0) is 0 Å². The molecule has 0 aromatic rings. The minimum atomic E-state index is -5.16. The van der Waals surface area contributed by atoms with Gasteiger partial charge in [0.1, 0.15) is 36.6 Å². The van der Waals surface area contributed by atoms with E-state index in [1.165, 1.54) is 0 Å². The summed E-state index contributed by atoms with van der Waals surface area (Å²) in [6, 6.07) is 0. The van der Waals surface area contributed by atoms with Crippen molar-refractivity contribution in [2.75, 3.05) is 6.66 Å². The molecule has 0 aliphatic heterocycles. The van der Waals surface area contributed by atoms with Crippen LogP contribution in [0.4, 0.5) is 0 Å². The summed E-state index contributed by atoms with van der Waals surface area (Å²) in [4.78, 5) is 26.5. The zero-order valence-electron chi connectivity index (χ0n) is 10.1. The zero-order chi connectivity index (χ0) is 15.9. The quantitative estimate of drug-likeness (QED) is 0.260. The summed E-state index contributed by atoms with van der Waals surface area (Å²) in [5.41, 5.74) is 0.